The largest absolute Gasteiger partial charge is 0.481 e. The standard InChI is InChI=1S/C21H27NO2/c1-13(2)19-8-7-14(3)12-20(19)24-17(6)21(23)22-18-10-15(4)9-16(5)11-18/h7-13,17H,1-6H3,(H,22,23)/t17-/m0/s1. The lowest BCUT2D eigenvalue weighted by Gasteiger charge is -2.19. The average molecular weight is 325 g/mol. The molecule has 0 aliphatic heterocycles. The van der Waals surface area contributed by atoms with Gasteiger partial charge in [-0.2, -0.15) is 0 Å². The van der Waals surface area contributed by atoms with Crippen molar-refractivity contribution in [3.8, 4) is 5.75 Å². The summed E-state index contributed by atoms with van der Waals surface area (Å²) in [5.74, 6) is 0.986. The Hall–Kier alpha value is -2.29. The second-order valence-corrected chi connectivity index (χ2v) is 6.82. The van der Waals surface area contributed by atoms with Crippen LogP contribution in [0.4, 0.5) is 5.69 Å². The Morgan fingerprint density at radius 1 is 0.917 bits per heavy atom. The van der Waals surface area contributed by atoms with Gasteiger partial charge in [0.1, 0.15) is 5.75 Å². The lowest BCUT2D eigenvalue weighted by Crippen LogP contribution is -2.30. The van der Waals surface area contributed by atoms with Gasteiger partial charge in [0.05, 0.1) is 0 Å². The molecule has 2 rings (SSSR count). The first kappa shape index (κ1) is 18.1. The molecule has 0 radical (unpaired) electrons. The second kappa shape index (κ2) is 7.52. The smallest absolute Gasteiger partial charge is 0.265 e. The van der Waals surface area contributed by atoms with E-state index in [-0.39, 0.29) is 5.91 Å². The number of benzene rings is 2. The normalized spacial score (nSPS) is 12.1. The van der Waals surface area contributed by atoms with Crippen LogP contribution in [0, 0.1) is 20.8 Å². The van der Waals surface area contributed by atoms with Crippen molar-refractivity contribution in [3.05, 3.63) is 58.7 Å². The van der Waals surface area contributed by atoms with Gasteiger partial charge in [-0.25, -0.2) is 0 Å². The molecule has 0 aliphatic carbocycles. The molecule has 1 amide bonds. The molecule has 24 heavy (non-hydrogen) atoms. The minimum Gasteiger partial charge on any atom is -0.481 e. The zero-order chi connectivity index (χ0) is 17.9. The Labute approximate surface area is 145 Å². The SMILES string of the molecule is Cc1cc(C)cc(NC(=O)[C@H](C)Oc2cc(C)ccc2C(C)C)c1. The van der Waals surface area contributed by atoms with Gasteiger partial charge >= 0.3 is 0 Å². The minimum absolute atomic E-state index is 0.142. The van der Waals surface area contributed by atoms with Crippen molar-refractivity contribution in [3.63, 3.8) is 0 Å². The first-order valence-electron chi connectivity index (χ1n) is 8.42. The minimum atomic E-state index is -0.565. The molecule has 0 spiro atoms. The molecule has 0 bridgehead atoms. The van der Waals surface area contributed by atoms with Crippen LogP contribution in [0.25, 0.3) is 0 Å². The predicted molar refractivity (Wildman–Crippen MR) is 99.9 cm³/mol. The van der Waals surface area contributed by atoms with Crippen molar-refractivity contribution in [2.75, 3.05) is 5.32 Å². The van der Waals surface area contributed by atoms with Crippen molar-refractivity contribution < 1.29 is 9.53 Å². The molecule has 3 nitrogen and oxygen atoms in total. The summed E-state index contributed by atoms with van der Waals surface area (Å²) in [4.78, 5) is 12.5. The van der Waals surface area contributed by atoms with Crippen LogP contribution in [0.5, 0.6) is 5.75 Å². The third kappa shape index (κ3) is 4.60. The Kier molecular flexibility index (Phi) is 5.66. The van der Waals surface area contributed by atoms with Crippen LogP contribution in [0.3, 0.4) is 0 Å². The quantitative estimate of drug-likeness (QED) is 0.826. The lowest BCUT2D eigenvalue weighted by atomic mass is 10.0. The molecule has 1 N–H and O–H groups in total. The highest BCUT2D eigenvalue weighted by molar-refractivity contribution is 5.94. The van der Waals surface area contributed by atoms with Gasteiger partial charge in [0.25, 0.3) is 5.91 Å². The Balaban J connectivity index is 2.13. The van der Waals surface area contributed by atoms with E-state index in [2.05, 4.69) is 37.4 Å². The highest BCUT2D eigenvalue weighted by atomic mass is 16.5. The van der Waals surface area contributed by atoms with Crippen molar-refractivity contribution in [2.24, 2.45) is 0 Å². The summed E-state index contributed by atoms with van der Waals surface area (Å²) in [6.45, 7) is 12.1. The van der Waals surface area contributed by atoms with E-state index < -0.39 is 6.10 Å². The summed E-state index contributed by atoms with van der Waals surface area (Å²) >= 11 is 0. The van der Waals surface area contributed by atoms with Crippen molar-refractivity contribution in [1.29, 1.82) is 0 Å². The van der Waals surface area contributed by atoms with Crippen LogP contribution in [-0.4, -0.2) is 12.0 Å². The fraction of sp³-hybridized carbons (Fsp3) is 0.381. The van der Waals surface area contributed by atoms with E-state index in [4.69, 9.17) is 4.74 Å². The summed E-state index contributed by atoms with van der Waals surface area (Å²) in [6, 6.07) is 12.1. The molecule has 0 aromatic heterocycles. The molecule has 0 aliphatic rings. The number of hydrogen-bond donors (Lipinski definition) is 1. The third-order valence-corrected chi connectivity index (χ3v) is 3.95. The molecule has 1 atom stereocenters. The number of hydrogen-bond acceptors (Lipinski definition) is 2. The second-order valence-electron chi connectivity index (χ2n) is 6.82. The third-order valence-electron chi connectivity index (χ3n) is 3.95. The first-order valence-corrected chi connectivity index (χ1v) is 8.42. The number of carbonyl (C=O) groups is 1. The molecule has 3 heteroatoms. The van der Waals surface area contributed by atoms with Crippen LogP contribution >= 0.6 is 0 Å². The summed E-state index contributed by atoms with van der Waals surface area (Å²) in [7, 11) is 0. The molecule has 0 unspecified atom stereocenters. The van der Waals surface area contributed by atoms with Crippen LogP contribution in [-0.2, 0) is 4.79 Å². The maximum atomic E-state index is 12.5. The van der Waals surface area contributed by atoms with Gasteiger partial charge in [0, 0.05) is 5.69 Å². The number of nitrogens with one attached hydrogen (secondary N) is 1. The molecule has 128 valence electrons. The Morgan fingerprint density at radius 2 is 1.54 bits per heavy atom. The number of carbonyl (C=O) groups excluding carboxylic acids is 1. The predicted octanol–water partition coefficient (Wildman–Crippen LogP) is 5.14. The molecule has 0 saturated carbocycles. The first-order chi connectivity index (χ1) is 11.3. The van der Waals surface area contributed by atoms with Crippen molar-refractivity contribution in [1.82, 2.24) is 0 Å². The zero-order valence-corrected chi connectivity index (χ0v) is 15.4. The summed E-state index contributed by atoms with van der Waals surface area (Å²) in [5, 5.41) is 2.94. The number of ether oxygens (including phenoxy) is 1. The van der Waals surface area contributed by atoms with Gasteiger partial charge in [-0.3, -0.25) is 4.79 Å². The number of rotatable bonds is 5. The van der Waals surface area contributed by atoms with Gasteiger partial charge in [-0.1, -0.05) is 32.0 Å². The van der Waals surface area contributed by atoms with E-state index in [1.807, 2.05) is 39.0 Å². The molecule has 2 aromatic carbocycles. The average Bonchev–Trinajstić information content (AvgIpc) is 2.45. The molecule has 0 heterocycles. The molecule has 2 aromatic rings. The number of anilines is 1. The van der Waals surface area contributed by atoms with Gasteiger partial charge in [-0.15, -0.1) is 0 Å². The Morgan fingerprint density at radius 3 is 2.12 bits per heavy atom. The molecular weight excluding hydrogens is 298 g/mol. The van der Waals surface area contributed by atoms with Crippen molar-refractivity contribution in [2.45, 2.75) is 53.6 Å². The molecular formula is C21H27NO2. The fourth-order valence-corrected chi connectivity index (χ4v) is 2.76. The van der Waals surface area contributed by atoms with E-state index in [1.54, 1.807) is 6.92 Å². The monoisotopic (exact) mass is 325 g/mol. The molecule has 0 fully saturated rings. The Bertz CT molecular complexity index is 714. The highest BCUT2D eigenvalue weighted by Crippen LogP contribution is 2.28. The summed E-state index contributed by atoms with van der Waals surface area (Å²) in [6.07, 6.45) is -0.565. The van der Waals surface area contributed by atoms with Crippen molar-refractivity contribution >= 4 is 11.6 Å². The molecule has 0 saturated heterocycles. The van der Waals surface area contributed by atoms with Crippen LogP contribution < -0.4 is 10.1 Å². The van der Waals surface area contributed by atoms with E-state index in [0.717, 1.165) is 33.7 Å². The van der Waals surface area contributed by atoms with Gasteiger partial charge < -0.3 is 10.1 Å². The van der Waals surface area contributed by atoms with Crippen LogP contribution in [0.2, 0.25) is 0 Å². The highest BCUT2D eigenvalue weighted by Gasteiger charge is 2.18. The maximum Gasteiger partial charge on any atom is 0.265 e. The van der Waals surface area contributed by atoms with E-state index in [1.165, 1.54) is 0 Å². The zero-order valence-electron chi connectivity index (χ0n) is 15.4. The topological polar surface area (TPSA) is 38.3 Å². The van der Waals surface area contributed by atoms with Gasteiger partial charge in [-0.05, 0) is 74.1 Å². The van der Waals surface area contributed by atoms with Gasteiger partial charge in [0.15, 0.2) is 6.10 Å². The van der Waals surface area contributed by atoms with E-state index in [0.29, 0.717) is 5.92 Å². The van der Waals surface area contributed by atoms with Crippen LogP contribution in [0.15, 0.2) is 36.4 Å². The fourth-order valence-electron chi connectivity index (χ4n) is 2.76. The van der Waals surface area contributed by atoms with E-state index >= 15 is 0 Å². The number of aryl methyl sites for hydroxylation is 3. The van der Waals surface area contributed by atoms with Gasteiger partial charge in [0.2, 0.25) is 0 Å². The van der Waals surface area contributed by atoms with E-state index in [9.17, 15) is 4.79 Å². The summed E-state index contributed by atoms with van der Waals surface area (Å²) in [5.41, 5.74) is 5.29. The number of amides is 1. The lowest BCUT2D eigenvalue weighted by molar-refractivity contribution is -0.122. The van der Waals surface area contributed by atoms with Crippen LogP contribution in [0.1, 0.15) is 48.9 Å². The summed E-state index contributed by atoms with van der Waals surface area (Å²) < 4.78 is 5.97. The maximum absolute atomic E-state index is 12.5.